The summed E-state index contributed by atoms with van der Waals surface area (Å²) in [4.78, 5) is 15.4. The molecule has 0 N–H and O–H groups in total. The minimum Gasteiger partial charge on any atom is -0.497 e. The second-order valence-electron chi connectivity index (χ2n) is 8.06. The maximum atomic E-state index is 13.3. The number of benzene rings is 2. The highest BCUT2D eigenvalue weighted by atomic mass is 32.2. The van der Waals surface area contributed by atoms with Crippen molar-refractivity contribution in [2.75, 3.05) is 13.7 Å². The number of aromatic nitrogens is 3. The van der Waals surface area contributed by atoms with Gasteiger partial charge in [-0.3, -0.25) is 9.36 Å². The van der Waals surface area contributed by atoms with E-state index in [1.807, 2.05) is 66.1 Å². The van der Waals surface area contributed by atoms with Gasteiger partial charge in [0.1, 0.15) is 5.75 Å². The number of nitrogens with zero attached hydrogens (tertiary/aromatic N) is 4. The van der Waals surface area contributed by atoms with E-state index in [1.165, 1.54) is 18.2 Å². The molecule has 32 heavy (non-hydrogen) atoms. The molecule has 168 valence electrons. The number of thioether (sulfide) groups is 1. The third kappa shape index (κ3) is 4.67. The van der Waals surface area contributed by atoms with E-state index in [9.17, 15) is 4.79 Å². The first-order valence-electron chi connectivity index (χ1n) is 11.2. The van der Waals surface area contributed by atoms with Crippen LogP contribution in [-0.4, -0.2) is 50.5 Å². The molecule has 1 aromatic heterocycles. The average molecular weight is 451 g/mol. The number of methoxy groups -OCH3 is 1. The van der Waals surface area contributed by atoms with Crippen LogP contribution in [-0.2, 0) is 4.79 Å². The molecule has 4 rings (SSSR count). The molecule has 3 aromatic rings. The number of ether oxygens (including phenoxy) is 1. The predicted octanol–water partition coefficient (Wildman–Crippen LogP) is 5.21. The van der Waals surface area contributed by atoms with E-state index in [0.717, 1.165) is 48.6 Å². The van der Waals surface area contributed by atoms with Gasteiger partial charge in [0.25, 0.3) is 0 Å². The summed E-state index contributed by atoms with van der Waals surface area (Å²) in [6, 6.07) is 18.2. The molecule has 0 spiro atoms. The number of rotatable bonds is 7. The van der Waals surface area contributed by atoms with Crippen LogP contribution < -0.4 is 4.74 Å². The number of para-hydroxylation sites is 1. The first-order valence-corrected chi connectivity index (χ1v) is 12.1. The first-order chi connectivity index (χ1) is 15.6. The van der Waals surface area contributed by atoms with Crippen LogP contribution in [0.4, 0.5) is 0 Å². The van der Waals surface area contributed by atoms with Crippen LogP contribution >= 0.6 is 11.8 Å². The van der Waals surface area contributed by atoms with Gasteiger partial charge in [-0.2, -0.15) is 0 Å². The summed E-state index contributed by atoms with van der Waals surface area (Å²) < 4.78 is 7.42. The van der Waals surface area contributed by atoms with Gasteiger partial charge < -0.3 is 9.64 Å². The lowest BCUT2D eigenvalue weighted by Crippen LogP contribution is -2.46. The lowest BCUT2D eigenvalue weighted by atomic mass is 10.00. The zero-order chi connectivity index (χ0) is 22.5. The van der Waals surface area contributed by atoms with Gasteiger partial charge in [-0.05, 0) is 56.9 Å². The summed E-state index contributed by atoms with van der Waals surface area (Å²) >= 11 is 1.47. The maximum Gasteiger partial charge on any atom is 0.236 e. The van der Waals surface area contributed by atoms with Crippen LogP contribution in [0, 0.1) is 0 Å². The first kappa shape index (κ1) is 22.4. The molecule has 1 amide bonds. The number of amides is 1. The van der Waals surface area contributed by atoms with Gasteiger partial charge in [0, 0.05) is 23.8 Å². The molecular weight excluding hydrogens is 420 g/mol. The molecule has 2 unspecified atom stereocenters. The molecule has 1 saturated heterocycles. The fourth-order valence-corrected chi connectivity index (χ4v) is 5.20. The van der Waals surface area contributed by atoms with Gasteiger partial charge >= 0.3 is 0 Å². The predicted molar refractivity (Wildman–Crippen MR) is 128 cm³/mol. The normalized spacial score (nSPS) is 17.2. The number of hydrogen-bond donors (Lipinski definition) is 0. The van der Waals surface area contributed by atoms with Crippen molar-refractivity contribution in [3.05, 3.63) is 54.6 Å². The molecular formula is C25H30N4O2S. The standard InChI is InChI=1S/C25H30N4O2S/c1-4-20-12-8-9-16-28(20)24(30)18(2)32-25-27-26-23(19-11-10-15-22(17-19)31-3)29(25)21-13-6-5-7-14-21/h5-7,10-11,13-15,17-18,20H,4,8-9,12,16H2,1-3H3. The highest BCUT2D eigenvalue weighted by molar-refractivity contribution is 8.00. The Morgan fingerprint density at radius 1 is 1.16 bits per heavy atom. The van der Waals surface area contributed by atoms with Crippen LogP contribution in [0.15, 0.2) is 59.8 Å². The SMILES string of the molecule is CCC1CCCCN1C(=O)C(C)Sc1nnc(-c2cccc(OC)c2)n1-c1ccccc1. The van der Waals surface area contributed by atoms with Crippen LogP contribution in [0.25, 0.3) is 17.1 Å². The van der Waals surface area contributed by atoms with E-state index >= 15 is 0 Å². The summed E-state index contributed by atoms with van der Waals surface area (Å²) in [5.74, 6) is 1.67. The van der Waals surface area contributed by atoms with E-state index in [-0.39, 0.29) is 11.2 Å². The quantitative estimate of drug-likeness (QED) is 0.462. The molecule has 2 atom stereocenters. The number of hydrogen-bond acceptors (Lipinski definition) is 5. The number of carbonyl (C=O) groups is 1. The Hall–Kier alpha value is -2.80. The van der Waals surface area contributed by atoms with Gasteiger partial charge in [-0.1, -0.05) is 49.0 Å². The van der Waals surface area contributed by atoms with E-state index < -0.39 is 0 Å². The van der Waals surface area contributed by atoms with Crippen LogP contribution in [0.5, 0.6) is 5.75 Å². The van der Waals surface area contributed by atoms with E-state index in [4.69, 9.17) is 4.74 Å². The number of piperidine rings is 1. The van der Waals surface area contributed by atoms with Gasteiger partial charge in [0.15, 0.2) is 11.0 Å². The lowest BCUT2D eigenvalue weighted by Gasteiger charge is -2.36. The van der Waals surface area contributed by atoms with Gasteiger partial charge in [-0.15, -0.1) is 10.2 Å². The van der Waals surface area contributed by atoms with Crippen molar-refractivity contribution in [1.29, 1.82) is 0 Å². The van der Waals surface area contributed by atoms with Crippen LogP contribution in [0.1, 0.15) is 39.5 Å². The molecule has 1 fully saturated rings. The summed E-state index contributed by atoms with van der Waals surface area (Å²) in [5.41, 5.74) is 1.87. The molecule has 1 aliphatic heterocycles. The van der Waals surface area contributed by atoms with Crippen molar-refractivity contribution >= 4 is 17.7 Å². The zero-order valence-electron chi connectivity index (χ0n) is 18.9. The second kappa shape index (κ2) is 10.2. The number of carbonyl (C=O) groups excluding carboxylic acids is 1. The third-order valence-corrected chi connectivity index (χ3v) is 7.02. The molecule has 0 bridgehead atoms. The van der Waals surface area contributed by atoms with Crippen LogP contribution in [0.3, 0.4) is 0 Å². The summed E-state index contributed by atoms with van der Waals surface area (Å²) in [7, 11) is 1.65. The average Bonchev–Trinajstić information content (AvgIpc) is 3.27. The molecule has 2 aromatic carbocycles. The minimum absolute atomic E-state index is 0.187. The largest absolute Gasteiger partial charge is 0.497 e. The van der Waals surface area contributed by atoms with Gasteiger partial charge in [0.05, 0.1) is 12.4 Å². The van der Waals surface area contributed by atoms with Crippen molar-refractivity contribution in [3.63, 3.8) is 0 Å². The minimum atomic E-state index is -0.244. The Balaban J connectivity index is 1.66. The Kier molecular flexibility index (Phi) is 7.15. The van der Waals surface area contributed by atoms with Crippen molar-refractivity contribution in [2.45, 2.75) is 56.0 Å². The maximum absolute atomic E-state index is 13.3. The van der Waals surface area contributed by atoms with Crippen molar-refractivity contribution in [1.82, 2.24) is 19.7 Å². The Labute approximate surface area is 194 Å². The second-order valence-corrected chi connectivity index (χ2v) is 9.37. The third-order valence-electron chi connectivity index (χ3n) is 5.99. The zero-order valence-corrected chi connectivity index (χ0v) is 19.7. The van der Waals surface area contributed by atoms with E-state index in [0.29, 0.717) is 11.2 Å². The van der Waals surface area contributed by atoms with Gasteiger partial charge in [-0.25, -0.2) is 0 Å². The molecule has 6 nitrogen and oxygen atoms in total. The Morgan fingerprint density at radius 3 is 2.72 bits per heavy atom. The highest BCUT2D eigenvalue weighted by Crippen LogP contribution is 2.32. The van der Waals surface area contributed by atoms with Crippen molar-refractivity contribution < 1.29 is 9.53 Å². The molecule has 7 heteroatoms. The van der Waals surface area contributed by atoms with E-state index in [1.54, 1.807) is 7.11 Å². The number of likely N-dealkylation sites (tertiary alicyclic amines) is 1. The van der Waals surface area contributed by atoms with Crippen LogP contribution in [0.2, 0.25) is 0 Å². The molecule has 0 saturated carbocycles. The van der Waals surface area contributed by atoms with Gasteiger partial charge in [0.2, 0.25) is 5.91 Å². The summed E-state index contributed by atoms with van der Waals surface area (Å²) in [6.45, 7) is 4.99. The molecule has 2 heterocycles. The highest BCUT2D eigenvalue weighted by Gasteiger charge is 2.30. The summed E-state index contributed by atoms with van der Waals surface area (Å²) in [6.07, 6.45) is 4.39. The molecule has 0 aliphatic carbocycles. The molecule has 1 aliphatic rings. The van der Waals surface area contributed by atoms with Crippen molar-refractivity contribution in [3.8, 4) is 22.8 Å². The monoisotopic (exact) mass is 450 g/mol. The molecule has 0 radical (unpaired) electrons. The van der Waals surface area contributed by atoms with Crippen molar-refractivity contribution in [2.24, 2.45) is 0 Å². The van der Waals surface area contributed by atoms with E-state index in [2.05, 4.69) is 22.0 Å². The fraction of sp³-hybridized carbons (Fsp3) is 0.400. The topological polar surface area (TPSA) is 60.3 Å². The Morgan fingerprint density at radius 2 is 1.97 bits per heavy atom. The Bertz CT molecular complexity index is 1050. The summed E-state index contributed by atoms with van der Waals surface area (Å²) in [5, 5.41) is 9.47. The lowest BCUT2D eigenvalue weighted by molar-refractivity contribution is -0.134. The smallest absolute Gasteiger partial charge is 0.236 e. The fourth-order valence-electron chi connectivity index (χ4n) is 4.26.